The lowest BCUT2D eigenvalue weighted by atomic mass is 9.74. The summed E-state index contributed by atoms with van der Waals surface area (Å²) >= 11 is 0. The van der Waals surface area contributed by atoms with Gasteiger partial charge in [-0.05, 0) is 38.0 Å². The average Bonchev–Trinajstić information content (AvgIpc) is 2.15. The van der Waals surface area contributed by atoms with E-state index in [0.717, 1.165) is 6.54 Å². The van der Waals surface area contributed by atoms with Crippen molar-refractivity contribution in [2.75, 3.05) is 13.1 Å². The fraction of sp³-hybridized carbons (Fsp3) is 1.00. The van der Waals surface area contributed by atoms with Crippen molar-refractivity contribution >= 4 is 0 Å². The molecule has 0 aromatic rings. The first kappa shape index (κ1) is 17.9. The SMILES string of the molecule is CCC(CC)N(CC(C)C)CC(C)(C)C(C)(C)N. The summed E-state index contributed by atoms with van der Waals surface area (Å²) in [5.74, 6) is 0.710. The molecule has 0 saturated heterocycles. The molecule has 0 rings (SSSR count). The second kappa shape index (κ2) is 6.91. The van der Waals surface area contributed by atoms with Gasteiger partial charge in [-0.3, -0.25) is 4.90 Å². The van der Waals surface area contributed by atoms with Gasteiger partial charge in [0.05, 0.1) is 0 Å². The van der Waals surface area contributed by atoms with Gasteiger partial charge in [-0.2, -0.15) is 0 Å². The van der Waals surface area contributed by atoms with E-state index < -0.39 is 0 Å². The van der Waals surface area contributed by atoms with E-state index in [1.165, 1.54) is 19.4 Å². The molecule has 110 valence electrons. The molecule has 0 aliphatic heterocycles. The monoisotopic (exact) mass is 256 g/mol. The minimum Gasteiger partial charge on any atom is -0.325 e. The van der Waals surface area contributed by atoms with Crippen LogP contribution in [0.25, 0.3) is 0 Å². The van der Waals surface area contributed by atoms with Gasteiger partial charge in [-0.15, -0.1) is 0 Å². The number of nitrogens with two attached hydrogens (primary N) is 1. The molecular weight excluding hydrogens is 220 g/mol. The quantitative estimate of drug-likeness (QED) is 0.714. The average molecular weight is 256 g/mol. The Labute approximate surface area is 115 Å². The van der Waals surface area contributed by atoms with E-state index in [1.54, 1.807) is 0 Å². The summed E-state index contributed by atoms with van der Waals surface area (Å²) < 4.78 is 0. The Bertz CT molecular complexity index is 222. The number of hydrogen-bond acceptors (Lipinski definition) is 2. The van der Waals surface area contributed by atoms with E-state index in [0.29, 0.717) is 12.0 Å². The predicted molar refractivity (Wildman–Crippen MR) is 82.8 cm³/mol. The molecule has 0 saturated carbocycles. The normalized spacial score (nSPS) is 14.0. The van der Waals surface area contributed by atoms with E-state index >= 15 is 0 Å². The fourth-order valence-electron chi connectivity index (χ4n) is 2.33. The van der Waals surface area contributed by atoms with Crippen molar-refractivity contribution in [3.63, 3.8) is 0 Å². The van der Waals surface area contributed by atoms with Crippen LogP contribution in [0.2, 0.25) is 0 Å². The van der Waals surface area contributed by atoms with Crippen LogP contribution in [0.4, 0.5) is 0 Å². The lowest BCUT2D eigenvalue weighted by Crippen LogP contribution is -2.55. The van der Waals surface area contributed by atoms with Crippen LogP contribution < -0.4 is 5.73 Å². The molecule has 0 atom stereocenters. The van der Waals surface area contributed by atoms with Crippen molar-refractivity contribution in [2.45, 2.75) is 79.8 Å². The Morgan fingerprint density at radius 3 is 1.72 bits per heavy atom. The summed E-state index contributed by atoms with van der Waals surface area (Å²) in [6, 6.07) is 0.689. The minimum atomic E-state index is -0.145. The van der Waals surface area contributed by atoms with Gasteiger partial charge < -0.3 is 5.73 Å². The third-order valence-electron chi connectivity index (χ3n) is 4.40. The molecule has 2 heteroatoms. The highest BCUT2D eigenvalue weighted by Gasteiger charge is 2.36. The van der Waals surface area contributed by atoms with Crippen molar-refractivity contribution in [3.05, 3.63) is 0 Å². The molecule has 0 radical (unpaired) electrons. The molecule has 0 unspecified atom stereocenters. The minimum absolute atomic E-state index is 0.129. The summed E-state index contributed by atoms with van der Waals surface area (Å²) in [5.41, 5.74) is 6.33. The highest BCUT2D eigenvalue weighted by Crippen LogP contribution is 2.31. The Kier molecular flexibility index (Phi) is 6.87. The standard InChI is InChI=1S/C16H36N2/c1-9-14(10-2)18(11-13(3)4)12-15(5,6)16(7,8)17/h13-14H,9-12,17H2,1-8H3. The molecule has 0 fully saturated rings. The van der Waals surface area contributed by atoms with Gasteiger partial charge in [-0.25, -0.2) is 0 Å². The van der Waals surface area contributed by atoms with Crippen LogP contribution in [0.15, 0.2) is 0 Å². The number of rotatable bonds is 8. The largest absolute Gasteiger partial charge is 0.325 e. The first-order valence-electron chi connectivity index (χ1n) is 7.58. The van der Waals surface area contributed by atoms with Gasteiger partial charge in [0.1, 0.15) is 0 Å². The van der Waals surface area contributed by atoms with Gasteiger partial charge in [0.15, 0.2) is 0 Å². The molecule has 0 aliphatic rings. The summed E-state index contributed by atoms with van der Waals surface area (Å²) in [6.07, 6.45) is 2.45. The molecule has 2 N–H and O–H groups in total. The van der Waals surface area contributed by atoms with Crippen LogP contribution in [-0.4, -0.2) is 29.6 Å². The van der Waals surface area contributed by atoms with Crippen molar-refractivity contribution in [1.29, 1.82) is 0 Å². The first-order chi connectivity index (χ1) is 8.05. The Hall–Kier alpha value is -0.0800. The summed E-state index contributed by atoms with van der Waals surface area (Å²) in [5, 5.41) is 0. The van der Waals surface area contributed by atoms with Gasteiger partial charge >= 0.3 is 0 Å². The maximum atomic E-state index is 6.35. The second-order valence-electron chi connectivity index (χ2n) is 7.40. The maximum Gasteiger partial charge on any atom is 0.0161 e. The van der Waals surface area contributed by atoms with E-state index in [2.05, 4.69) is 60.3 Å². The molecule has 2 nitrogen and oxygen atoms in total. The van der Waals surface area contributed by atoms with Crippen LogP contribution in [0.3, 0.4) is 0 Å². The third kappa shape index (κ3) is 5.27. The molecule has 0 amide bonds. The Morgan fingerprint density at radius 1 is 1.00 bits per heavy atom. The summed E-state index contributed by atoms with van der Waals surface area (Å²) in [7, 11) is 0. The Morgan fingerprint density at radius 2 is 1.44 bits per heavy atom. The number of hydrogen-bond donors (Lipinski definition) is 1. The van der Waals surface area contributed by atoms with Crippen molar-refractivity contribution in [1.82, 2.24) is 4.90 Å². The third-order valence-corrected chi connectivity index (χ3v) is 4.40. The fourth-order valence-corrected chi connectivity index (χ4v) is 2.33. The molecule has 0 heterocycles. The molecular formula is C16H36N2. The van der Waals surface area contributed by atoms with E-state index in [1.807, 2.05) is 0 Å². The topological polar surface area (TPSA) is 29.3 Å². The van der Waals surface area contributed by atoms with E-state index in [-0.39, 0.29) is 11.0 Å². The van der Waals surface area contributed by atoms with Crippen LogP contribution in [0.1, 0.15) is 68.2 Å². The first-order valence-corrected chi connectivity index (χ1v) is 7.58. The molecule has 0 aliphatic carbocycles. The molecule has 0 bridgehead atoms. The molecule has 18 heavy (non-hydrogen) atoms. The van der Waals surface area contributed by atoms with Gasteiger partial charge in [0.2, 0.25) is 0 Å². The zero-order valence-corrected chi connectivity index (χ0v) is 14.0. The van der Waals surface area contributed by atoms with Crippen LogP contribution in [0.5, 0.6) is 0 Å². The lowest BCUT2D eigenvalue weighted by molar-refractivity contribution is 0.0699. The van der Waals surface area contributed by atoms with Gasteiger partial charge in [0.25, 0.3) is 0 Å². The highest BCUT2D eigenvalue weighted by molar-refractivity contribution is 4.93. The predicted octanol–water partition coefficient (Wildman–Crippen LogP) is 3.90. The maximum absolute atomic E-state index is 6.35. The lowest BCUT2D eigenvalue weighted by Gasteiger charge is -2.45. The van der Waals surface area contributed by atoms with E-state index in [4.69, 9.17) is 5.73 Å². The molecule has 0 aromatic heterocycles. The summed E-state index contributed by atoms with van der Waals surface area (Å²) in [6.45, 7) is 20.3. The zero-order valence-electron chi connectivity index (χ0n) is 14.0. The molecule has 0 aromatic carbocycles. The van der Waals surface area contributed by atoms with Crippen molar-refractivity contribution in [2.24, 2.45) is 17.1 Å². The zero-order chi connectivity index (χ0) is 14.6. The van der Waals surface area contributed by atoms with Crippen molar-refractivity contribution in [3.8, 4) is 0 Å². The highest BCUT2D eigenvalue weighted by atomic mass is 15.2. The van der Waals surface area contributed by atoms with E-state index in [9.17, 15) is 0 Å². The molecule has 0 spiro atoms. The van der Waals surface area contributed by atoms with Crippen LogP contribution in [0, 0.1) is 11.3 Å². The smallest absolute Gasteiger partial charge is 0.0161 e. The number of nitrogens with zero attached hydrogens (tertiary/aromatic N) is 1. The van der Waals surface area contributed by atoms with Crippen LogP contribution in [-0.2, 0) is 0 Å². The van der Waals surface area contributed by atoms with Crippen molar-refractivity contribution < 1.29 is 0 Å². The Balaban J connectivity index is 4.88. The second-order valence-corrected chi connectivity index (χ2v) is 7.40. The van der Waals surface area contributed by atoms with Gasteiger partial charge in [-0.1, -0.05) is 41.5 Å². The summed E-state index contributed by atoms with van der Waals surface area (Å²) in [4.78, 5) is 2.65. The van der Waals surface area contributed by atoms with Crippen LogP contribution >= 0.6 is 0 Å². The van der Waals surface area contributed by atoms with Gasteiger partial charge in [0, 0.05) is 24.7 Å².